The number of hydrogen-bond acceptors (Lipinski definition) is 1. The molecule has 0 unspecified atom stereocenters. The van der Waals surface area contributed by atoms with E-state index < -0.39 is 0 Å². The van der Waals surface area contributed by atoms with Crippen molar-refractivity contribution in [2.24, 2.45) is 0 Å². The standard InChI is InChI=1S/C20H28O/c1-2-3-4-5-6-7-8-9-14-19-18-13-11-10-12-17(18)15-16-20(19)21/h10-13,15-16,21H,2-9,14H2,1H3. The lowest BCUT2D eigenvalue weighted by Gasteiger charge is -2.09. The van der Waals surface area contributed by atoms with Crippen LogP contribution in [0.1, 0.15) is 63.9 Å². The van der Waals surface area contributed by atoms with E-state index in [0.29, 0.717) is 5.75 Å². The largest absolute Gasteiger partial charge is 0.508 e. The van der Waals surface area contributed by atoms with Crippen LogP contribution in [-0.4, -0.2) is 5.11 Å². The van der Waals surface area contributed by atoms with Crippen LogP contribution in [0.5, 0.6) is 5.75 Å². The molecule has 0 aromatic heterocycles. The van der Waals surface area contributed by atoms with Crippen molar-refractivity contribution in [2.75, 3.05) is 0 Å². The van der Waals surface area contributed by atoms with Crippen molar-refractivity contribution >= 4 is 10.8 Å². The topological polar surface area (TPSA) is 20.2 Å². The molecule has 1 nitrogen and oxygen atoms in total. The lowest BCUT2D eigenvalue weighted by atomic mass is 9.98. The number of fused-ring (bicyclic) bond motifs is 1. The van der Waals surface area contributed by atoms with Gasteiger partial charge in [-0.2, -0.15) is 0 Å². The van der Waals surface area contributed by atoms with Crippen molar-refractivity contribution in [3.05, 3.63) is 42.0 Å². The highest BCUT2D eigenvalue weighted by atomic mass is 16.3. The van der Waals surface area contributed by atoms with Gasteiger partial charge in [0.05, 0.1) is 0 Å². The summed E-state index contributed by atoms with van der Waals surface area (Å²) >= 11 is 0. The Kier molecular flexibility index (Phi) is 6.59. The molecule has 0 saturated carbocycles. The van der Waals surface area contributed by atoms with Gasteiger partial charge in [-0.05, 0) is 29.7 Å². The maximum absolute atomic E-state index is 10.1. The maximum atomic E-state index is 10.1. The van der Waals surface area contributed by atoms with E-state index in [0.717, 1.165) is 12.0 Å². The summed E-state index contributed by atoms with van der Waals surface area (Å²) in [7, 11) is 0. The summed E-state index contributed by atoms with van der Waals surface area (Å²) in [6, 6.07) is 12.2. The number of phenolic OH excluding ortho intramolecular Hbond substituents is 1. The molecule has 0 amide bonds. The quantitative estimate of drug-likeness (QED) is 0.541. The van der Waals surface area contributed by atoms with Crippen molar-refractivity contribution < 1.29 is 5.11 Å². The molecule has 0 aliphatic rings. The molecule has 0 aliphatic carbocycles. The Morgan fingerprint density at radius 3 is 2.19 bits per heavy atom. The van der Waals surface area contributed by atoms with Gasteiger partial charge in [0.1, 0.15) is 5.75 Å². The molecule has 2 rings (SSSR count). The van der Waals surface area contributed by atoms with E-state index in [-0.39, 0.29) is 0 Å². The van der Waals surface area contributed by atoms with Crippen LogP contribution in [0, 0.1) is 0 Å². The lowest BCUT2D eigenvalue weighted by Crippen LogP contribution is -1.90. The zero-order valence-corrected chi connectivity index (χ0v) is 13.3. The number of benzene rings is 2. The Hall–Kier alpha value is -1.50. The fraction of sp³-hybridized carbons (Fsp3) is 0.500. The number of hydrogen-bond donors (Lipinski definition) is 1. The molecular weight excluding hydrogens is 256 g/mol. The molecule has 0 bridgehead atoms. The molecule has 2 aromatic carbocycles. The minimum Gasteiger partial charge on any atom is -0.508 e. The van der Waals surface area contributed by atoms with E-state index in [1.165, 1.54) is 62.1 Å². The van der Waals surface area contributed by atoms with Crippen LogP contribution in [0.25, 0.3) is 10.8 Å². The Morgan fingerprint density at radius 1 is 0.762 bits per heavy atom. The Labute approximate surface area is 129 Å². The van der Waals surface area contributed by atoms with Crippen LogP contribution in [-0.2, 0) is 6.42 Å². The number of aryl methyl sites for hydroxylation is 1. The monoisotopic (exact) mass is 284 g/mol. The maximum Gasteiger partial charge on any atom is 0.119 e. The van der Waals surface area contributed by atoms with Gasteiger partial charge in [0.25, 0.3) is 0 Å². The van der Waals surface area contributed by atoms with Crippen LogP contribution >= 0.6 is 0 Å². The van der Waals surface area contributed by atoms with Crippen molar-refractivity contribution in [1.82, 2.24) is 0 Å². The number of unbranched alkanes of at least 4 members (excludes halogenated alkanes) is 7. The summed E-state index contributed by atoms with van der Waals surface area (Å²) in [5, 5.41) is 12.5. The Balaban J connectivity index is 1.79. The first kappa shape index (κ1) is 15.9. The molecular formula is C20H28O. The summed E-state index contributed by atoms with van der Waals surface area (Å²) in [6.45, 7) is 2.26. The molecule has 0 fully saturated rings. The van der Waals surface area contributed by atoms with Crippen LogP contribution in [0.2, 0.25) is 0 Å². The van der Waals surface area contributed by atoms with Crippen LogP contribution in [0.3, 0.4) is 0 Å². The molecule has 21 heavy (non-hydrogen) atoms. The van der Waals surface area contributed by atoms with Crippen LogP contribution in [0.4, 0.5) is 0 Å². The van der Waals surface area contributed by atoms with E-state index in [9.17, 15) is 5.11 Å². The molecule has 1 N–H and O–H groups in total. The summed E-state index contributed by atoms with van der Waals surface area (Å²) < 4.78 is 0. The zero-order chi connectivity index (χ0) is 14.9. The summed E-state index contributed by atoms with van der Waals surface area (Å²) in [4.78, 5) is 0. The van der Waals surface area contributed by atoms with Crippen molar-refractivity contribution in [3.63, 3.8) is 0 Å². The molecule has 0 atom stereocenters. The Morgan fingerprint density at radius 2 is 1.43 bits per heavy atom. The van der Waals surface area contributed by atoms with Crippen LogP contribution < -0.4 is 0 Å². The fourth-order valence-electron chi connectivity index (χ4n) is 3.02. The number of aromatic hydroxyl groups is 1. The van der Waals surface area contributed by atoms with E-state index >= 15 is 0 Å². The minimum atomic E-state index is 0.455. The highest BCUT2D eigenvalue weighted by Crippen LogP contribution is 2.28. The van der Waals surface area contributed by atoms with Crippen molar-refractivity contribution in [3.8, 4) is 5.75 Å². The second kappa shape index (κ2) is 8.71. The van der Waals surface area contributed by atoms with Crippen LogP contribution in [0.15, 0.2) is 36.4 Å². The Bertz CT molecular complexity index is 545. The molecule has 0 saturated heterocycles. The fourth-order valence-corrected chi connectivity index (χ4v) is 3.02. The van der Waals surface area contributed by atoms with E-state index in [2.05, 4.69) is 31.2 Å². The summed E-state index contributed by atoms with van der Waals surface area (Å²) in [5.41, 5.74) is 1.12. The van der Waals surface area contributed by atoms with Gasteiger partial charge >= 0.3 is 0 Å². The highest BCUT2D eigenvalue weighted by molar-refractivity contribution is 5.87. The molecule has 0 heterocycles. The molecule has 0 spiro atoms. The smallest absolute Gasteiger partial charge is 0.119 e. The average Bonchev–Trinajstić information content (AvgIpc) is 2.51. The summed E-state index contributed by atoms with van der Waals surface area (Å²) in [5.74, 6) is 0.455. The van der Waals surface area contributed by atoms with Crippen molar-refractivity contribution in [1.29, 1.82) is 0 Å². The summed E-state index contributed by atoms with van der Waals surface area (Å²) in [6.07, 6.45) is 11.6. The van der Waals surface area contributed by atoms with Gasteiger partial charge in [0.2, 0.25) is 0 Å². The third-order valence-corrected chi connectivity index (χ3v) is 4.30. The van der Waals surface area contributed by atoms with Gasteiger partial charge in [-0.15, -0.1) is 0 Å². The molecule has 114 valence electrons. The molecule has 0 aliphatic heterocycles. The van der Waals surface area contributed by atoms with Gasteiger partial charge in [-0.3, -0.25) is 0 Å². The van der Waals surface area contributed by atoms with Gasteiger partial charge in [0.15, 0.2) is 0 Å². The van der Waals surface area contributed by atoms with E-state index in [1.54, 1.807) is 0 Å². The van der Waals surface area contributed by atoms with Gasteiger partial charge in [-0.1, -0.05) is 82.2 Å². The molecule has 1 heteroatoms. The van der Waals surface area contributed by atoms with Gasteiger partial charge in [-0.25, -0.2) is 0 Å². The minimum absolute atomic E-state index is 0.455. The number of phenols is 1. The van der Waals surface area contributed by atoms with Crippen molar-refractivity contribution in [2.45, 2.75) is 64.7 Å². The van der Waals surface area contributed by atoms with Gasteiger partial charge in [0, 0.05) is 5.56 Å². The first-order valence-electron chi connectivity index (χ1n) is 8.52. The second-order valence-electron chi connectivity index (χ2n) is 6.01. The zero-order valence-electron chi connectivity index (χ0n) is 13.3. The molecule has 2 aromatic rings. The van der Waals surface area contributed by atoms with E-state index in [4.69, 9.17) is 0 Å². The molecule has 0 radical (unpaired) electrons. The first-order chi connectivity index (χ1) is 10.3. The number of rotatable bonds is 9. The van der Waals surface area contributed by atoms with Gasteiger partial charge < -0.3 is 5.11 Å². The normalized spacial score (nSPS) is 11.1. The van der Waals surface area contributed by atoms with E-state index in [1.807, 2.05) is 12.1 Å². The third-order valence-electron chi connectivity index (χ3n) is 4.30. The highest BCUT2D eigenvalue weighted by Gasteiger charge is 2.06. The first-order valence-corrected chi connectivity index (χ1v) is 8.52. The second-order valence-corrected chi connectivity index (χ2v) is 6.01. The predicted octanol–water partition coefficient (Wildman–Crippen LogP) is 6.23. The SMILES string of the molecule is CCCCCCCCCCc1c(O)ccc2ccccc12. The predicted molar refractivity (Wildman–Crippen MR) is 91.9 cm³/mol. The third kappa shape index (κ3) is 4.77. The average molecular weight is 284 g/mol. The lowest BCUT2D eigenvalue weighted by molar-refractivity contribution is 0.467.